The van der Waals surface area contributed by atoms with Crippen LogP contribution in [0.3, 0.4) is 0 Å². The highest BCUT2D eigenvalue weighted by Crippen LogP contribution is 2.27. The Morgan fingerprint density at radius 2 is 1.84 bits per heavy atom. The molecule has 3 rings (SSSR count). The number of benzene rings is 1. The maximum absolute atomic E-state index is 5.72. The molecule has 0 amide bonds. The van der Waals surface area contributed by atoms with Gasteiger partial charge in [0, 0.05) is 11.6 Å². The third-order valence-electron chi connectivity index (χ3n) is 3.46. The van der Waals surface area contributed by atoms with Crippen LogP contribution in [0.5, 0.6) is 5.75 Å². The van der Waals surface area contributed by atoms with Crippen molar-refractivity contribution >= 4 is 11.8 Å². The molecule has 0 unspecified atom stereocenters. The van der Waals surface area contributed by atoms with E-state index in [1.807, 2.05) is 30.3 Å². The van der Waals surface area contributed by atoms with Gasteiger partial charge in [0.05, 0.1) is 13.5 Å². The van der Waals surface area contributed by atoms with Crippen LogP contribution >= 0.6 is 11.8 Å². The lowest BCUT2D eigenvalue weighted by Gasteiger charge is -2.16. The first-order valence-corrected chi connectivity index (χ1v) is 8.72. The highest BCUT2D eigenvalue weighted by atomic mass is 32.2. The molecule has 7 heteroatoms. The molecule has 2 aromatic heterocycles. The van der Waals surface area contributed by atoms with E-state index in [2.05, 4.69) is 40.9 Å². The maximum atomic E-state index is 5.72. The first-order valence-electron chi connectivity index (χ1n) is 7.91. The normalized spacial score (nSPS) is 11.5. The van der Waals surface area contributed by atoms with Gasteiger partial charge in [0.2, 0.25) is 5.89 Å². The van der Waals surface area contributed by atoms with Crippen LogP contribution < -0.4 is 4.74 Å². The van der Waals surface area contributed by atoms with Gasteiger partial charge in [0.25, 0.3) is 5.22 Å². The average Bonchev–Trinajstić information content (AvgIpc) is 3.02. The second-order valence-electron chi connectivity index (χ2n) is 6.56. The first kappa shape index (κ1) is 17.4. The van der Waals surface area contributed by atoms with Gasteiger partial charge >= 0.3 is 0 Å². The zero-order chi connectivity index (χ0) is 17.9. The monoisotopic (exact) mass is 356 g/mol. The summed E-state index contributed by atoms with van der Waals surface area (Å²) in [5.41, 5.74) is 0.975. The minimum atomic E-state index is -0.106. The molecule has 0 spiro atoms. The van der Waals surface area contributed by atoms with Gasteiger partial charge in [-0.3, -0.25) is 0 Å². The Kier molecular flexibility index (Phi) is 5.03. The summed E-state index contributed by atoms with van der Waals surface area (Å²) in [7, 11) is 1.65. The van der Waals surface area contributed by atoms with E-state index >= 15 is 0 Å². The summed E-state index contributed by atoms with van der Waals surface area (Å²) < 4.78 is 10.9. The SMILES string of the molecule is COc1ccc(Cc2nnc(Sc3ccnc(C(C)(C)C)n3)o2)cc1. The van der Waals surface area contributed by atoms with E-state index in [9.17, 15) is 0 Å². The second kappa shape index (κ2) is 7.23. The molecular formula is C18H20N4O2S. The van der Waals surface area contributed by atoms with Crippen LogP contribution in [0.15, 0.2) is 51.2 Å². The number of hydrogen-bond donors (Lipinski definition) is 0. The summed E-state index contributed by atoms with van der Waals surface area (Å²) >= 11 is 1.34. The minimum absolute atomic E-state index is 0.106. The Morgan fingerprint density at radius 3 is 2.52 bits per heavy atom. The van der Waals surface area contributed by atoms with E-state index in [4.69, 9.17) is 9.15 Å². The van der Waals surface area contributed by atoms with Gasteiger partial charge in [-0.15, -0.1) is 10.2 Å². The molecule has 0 aliphatic carbocycles. The summed E-state index contributed by atoms with van der Waals surface area (Å²) in [6.45, 7) is 6.24. The predicted octanol–water partition coefficient (Wildman–Crippen LogP) is 3.91. The van der Waals surface area contributed by atoms with Gasteiger partial charge in [-0.25, -0.2) is 9.97 Å². The van der Waals surface area contributed by atoms with Crippen LogP contribution in [0.25, 0.3) is 0 Å². The highest BCUT2D eigenvalue weighted by Gasteiger charge is 2.18. The van der Waals surface area contributed by atoms with Crippen molar-refractivity contribution in [2.45, 2.75) is 42.9 Å². The quantitative estimate of drug-likeness (QED) is 0.642. The van der Waals surface area contributed by atoms with Crippen LogP contribution in [-0.2, 0) is 11.8 Å². The molecule has 6 nitrogen and oxygen atoms in total. The number of ether oxygens (including phenoxy) is 1. The lowest BCUT2D eigenvalue weighted by Crippen LogP contribution is -2.15. The summed E-state index contributed by atoms with van der Waals surface area (Å²) in [6, 6.07) is 9.63. The third-order valence-corrected chi connectivity index (χ3v) is 4.23. The predicted molar refractivity (Wildman–Crippen MR) is 95.0 cm³/mol. The largest absolute Gasteiger partial charge is 0.497 e. The smallest absolute Gasteiger partial charge is 0.282 e. The van der Waals surface area contributed by atoms with Gasteiger partial charge in [-0.2, -0.15) is 0 Å². The van der Waals surface area contributed by atoms with Gasteiger partial charge in [0.1, 0.15) is 16.6 Å². The van der Waals surface area contributed by atoms with Crippen LogP contribution in [0.4, 0.5) is 0 Å². The van der Waals surface area contributed by atoms with Gasteiger partial charge < -0.3 is 9.15 Å². The molecular weight excluding hydrogens is 336 g/mol. The molecule has 0 bridgehead atoms. The molecule has 0 aliphatic rings. The van der Waals surface area contributed by atoms with E-state index in [0.717, 1.165) is 22.2 Å². The fraction of sp³-hybridized carbons (Fsp3) is 0.333. The Balaban J connectivity index is 1.69. The maximum Gasteiger partial charge on any atom is 0.282 e. The zero-order valence-electron chi connectivity index (χ0n) is 14.7. The molecule has 0 aliphatic heterocycles. The molecule has 1 aromatic carbocycles. The summed E-state index contributed by atoms with van der Waals surface area (Å²) in [5, 5.41) is 9.47. The second-order valence-corrected chi connectivity index (χ2v) is 7.53. The minimum Gasteiger partial charge on any atom is -0.497 e. The van der Waals surface area contributed by atoms with Gasteiger partial charge in [-0.1, -0.05) is 32.9 Å². The summed E-state index contributed by atoms with van der Waals surface area (Å²) in [4.78, 5) is 8.89. The van der Waals surface area contributed by atoms with Crippen molar-refractivity contribution < 1.29 is 9.15 Å². The topological polar surface area (TPSA) is 73.9 Å². The molecule has 0 radical (unpaired) electrons. The van der Waals surface area contributed by atoms with E-state index < -0.39 is 0 Å². The Hall–Kier alpha value is -2.41. The van der Waals surface area contributed by atoms with Gasteiger partial charge in [-0.05, 0) is 35.5 Å². The Bertz CT molecular complexity index is 841. The molecule has 25 heavy (non-hydrogen) atoms. The molecule has 0 saturated carbocycles. The zero-order valence-corrected chi connectivity index (χ0v) is 15.5. The fourth-order valence-corrected chi connectivity index (χ4v) is 2.78. The van der Waals surface area contributed by atoms with Crippen LogP contribution in [-0.4, -0.2) is 27.3 Å². The molecule has 3 aromatic rings. The van der Waals surface area contributed by atoms with E-state index in [-0.39, 0.29) is 5.41 Å². The molecule has 0 fully saturated rings. The number of rotatable bonds is 5. The summed E-state index contributed by atoms with van der Waals surface area (Å²) in [5.74, 6) is 2.18. The molecule has 0 saturated heterocycles. The molecule has 0 N–H and O–H groups in total. The van der Waals surface area contributed by atoms with Crippen molar-refractivity contribution in [1.29, 1.82) is 0 Å². The van der Waals surface area contributed by atoms with E-state index in [1.54, 1.807) is 13.3 Å². The van der Waals surface area contributed by atoms with E-state index in [0.29, 0.717) is 17.5 Å². The van der Waals surface area contributed by atoms with Crippen LogP contribution in [0, 0.1) is 0 Å². The fourth-order valence-electron chi connectivity index (χ4n) is 2.12. The number of hydrogen-bond acceptors (Lipinski definition) is 7. The lowest BCUT2D eigenvalue weighted by molar-refractivity contribution is 0.413. The van der Waals surface area contributed by atoms with Crippen molar-refractivity contribution in [3.05, 3.63) is 53.8 Å². The van der Waals surface area contributed by atoms with E-state index in [1.165, 1.54) is 11.8 Å². The third kappa shape index (κ3) is 4.57. The highest BCUT2D eigenvalue weighted by molar-refractivity contribution is 7.99. The first-order chi connectivity index (χ1) is 11.9. The van der Waals surface area contributed by atoms with Crippen LogP contribution in [0.1, 0.15) is 38.0 Å². The van der Waals surface area contributed by atoms with Gasteiger partial charge in [0.15, 0.2) is 0 Å². The number of nitrogens with zero attached hydrogens (tertiary/aromatic N) is 4. The molecule has 0 atom stereocenters. The van der Waals surface area contributed by atoms with Crippen molar-refractivity contribution in [1.82, 2.24) is 20.2 Å². The summed E-state index contributed by atoms with van der Waals surface area (Å²) in [6.07, 6.45) is 2.33. The molecule has 2 heterocycles. The van der Waals surface area contributed by atoms with Crippen LogP contribution in [0.2, 0.25) is 0 Å². The van der Waals surface area contributed by atoms with Crippen molar-refractivity contribution in [3.63, 3.8) is 0 Å². The van der Waals surface area contributed by atoms with Crippen molar-refractivity contribution in [2.75, 3.05) is 7.11 Å². The van der Waals surface area contributed by atoms with Crippen molar-refractivity contribution in [2.24, 2.45) is 0 Å². The van der Waals surface area contributed by atoms with Crippen molar-refractivity contribution in [3.8, 4) is 5.75 Å². The lowest BCUT2D eigenvalue weighted by atomic mass is 9.96. The Labute approximate surface area is 151 Å². The Morgan fingerprint density at radius 1 is 1.08 bits per heavy atom. The number of methoxy groups -OCH3 is 1. The molecule has 130 valence electrons. The standard InChI is InChI=1S/C18H20N4O2S/c1-18(2,3)16-19-10-9-15(20-16)25-17-22-21-14(24-17)11-12-5-7-13(23-4)8-6-12/h5-10H,11H2,1-4H3. The number of aromatic nitrogens is 4. The average molecular weight is 356 g/mol.